The minimum atomic E-state index is -4.61. The summed E-state index contributed by atoms with van der Waals surface area (Å²) in [6.07, 6.45) is -0.713. The third-order valence-electron chi connectivity index (χ3n) is 3.44. The second-order valence-electron chi connectivity index (χ2n) is 5.15. The molecule has 0 radical (unpaired) electrons. The molecule has 24 heavy (non-hydrogen) atoms. The summed E-state index contributed by atoms with van der Waals surface area (Å²) < 4.78 is 39.9. The molecule has 0 amide bonds. The van der Waals surface area contributed by atoms with E-state index in [1.807, 2.05) is 0 Å². The van der Waals surface area contributed by atoms with Gasteiger partial charge in [0.15, 0.2) is 5.78 Å². The SMILES string of the molecule is O=C1C[C@@H](c2ccc(OS(=O)(=O)O)cc2)Oc2cc(O)cc(O)c21. The molecule has 0 spiro atoms. The number of aromatic hydroxyl groups is 2. The van der Waals surface area contributed by atoms with Crippen LogP contribution in [0.15, 0.2) is 36.4 Å². The molecule has 1 heterocycles. The van der Waals surface area contributed by atoms with Crippen LogP contribution in [0.4, 0.5) is 0 Å². The molecule has 0 aliphatic carbocycles. The van der Waals surface area contributed by atoms with Gasteiger partial charge in [0, 0.05) is 12.1 Å². The first-order chi connectivity index (χ1) is 11.2. The number of phenols is 2. The highest BCUT2D eigenvalue weighted by Crippen LogP contribution is 2.41. The number of hydrogen-bond acceptors (Lipinski definition) is 7. The molecule has 3 rings (SSSR count). The molecule has 0 saturated carbocycles. The van der Waals surface area contributed by atoms with E-state index in [1.165, 1.54) is 30.3 Å². The fourth-order valence-corrected chi connectivity index (χ4v) is 2.83. The van der Waals surface area contributed by atoms with Gasteiger partial charge in [-0.3, -0.25) is 9.35 Å². The molecule has 3 N–H and O–H groups in total. The smallest absolute Gasteiger partial charge is 0.446 e. The zero-order chi connectivity index (χ0) is 17.5. The normalized spacial score (nSPS) is 17.0. The van der Waals surface area contributed by atoms with Crippen molar-refractivity contribution < 1.29 is 36.9 Å². The Labute approximate surface area is 136 Å². The number of hydrogen-bond donors (Lipinski definition) is 3. The number of benzene rings is 2. The predicted octanol–water partition coefficient (Wildman–Crippen LogP) is 1.99. The summed E-state index contributed by atoms with van der Waals surface area (Å²) in [5, 5.41) is 19.3. The summed E-state index contributed by atoms with van der Waals surface area (Å²) in [5.74, 6) is -0.981. The van der Waals surface area contributed by atoms with Gasteiger partial charge >= 0.3 is 10.4 Å². The van der Waals surface area contributed by atoms with Crippen LogP contribution in [-0.4, -0.2) is 29.0 Å². The highest BCUT2D eigenvalue weighted by atomic mass is 32.3. The largest absolute Gasteiger partial charge is 0.508 e. The minimum Gasteiger partial charge on any atom is -0.508 e. The highest BCUT2D eigenvalue weighted by Gasteiger charge is 2.30. The first kappa shape index (κ1) is 16.1. The lowest BCUT2D eigenvalue weighted by atomic mass is 9.95. The van der Waals surface area contributed by atoms with E-state index in [0.29, 0.717) is 5.56 Å². The summed E-state index contributed by atoms with van der Waals surface area (Å²) in [7, 11) is -4.61. The molecule has 0 fully saturated rings. The molecule has 1 atom stereocenters. The number of phenolic OH excluding ortho intramolecular Hbond substituents is 2. The maximum absolute atomic E-state index is 12.2. The number of rotatable bonds is 3. The van der Waals surface area contributed by atoms with E-state index in [0.717, 1.165) is 6.07 Å². The van der Waals surface area contributed by atoms with Crippen LogP contribution in [0.3, 0.4) is 0 Å². The Hall–Kier alpha value is -2.78. The maximum atomic E-state index is 12.2. The van der Waals surface area contributed by atoms with Gasteiger partial charge in [0.25, 0.3) is 0 Å². The van der Waals surface area contributed by atoms with E-state index in [-0.39, 0.29) is 40.8 Å². The summed E-state index contributed by atoms with van der Waals surface area (Å²) in [5.41, 5.74) is 0.565. The van der Waals surface area contributed by atoms with Gasteiger partial charge in [0.2, 0.25) is 0 Å². The number of ether oxygens (including phenoxy) is 1. The number of ketones is 1. The number of carbonyl (C=O) groups is 1. The van der Waals surface area contributed by atoms with Crippen LogP contribution in [0.1, 0.15) is 28.4 Å². The van der Waals surface area contributed by atoms with E-state index in [9.17, 15) is 23.4 Å². The Morgan fingerprint density at radius 2 is 1.79 bits per heavy atom. The van der Waals surface area contributed by atoms with Gasteiger partial charge in [0.1, 0.15) is 34.7 Å². The molecule has 0 aromatic heterocycles. The molecule has 2 aromatic carbocycles. The molecular weight excluding hydrogens is 340 g/mol. The summed E-state index contributed by atoms with van der Waals surface area (Å²) in [4.78, 5) is 12.2. The van der Waals surface area contributed by atoms with Gasteiger partial charge in [-0.25, -0.2) is 0 Å². The average molecular weight is 352 g/mol. The zero-order valence-electron chi connectivity index (χ0n) is 12.0. The van der Waals surface area contributed by atoms with E-state index < -0.39 is 16.5 Å². The molecule has 0 saturated heterocycles. The van der Waals surface area contributed by atoms with Crippen molar-refractivity contribution in [2.45, 2.75) is 12.5 Å². The molecule has 9 heteroatoms. The Balaban J connectivity index is 1.88. The van der Waals surface area contributed by atoms with E-state index in [1.54, 1.807) is 0 Å². The van der Waals surface area contributed by atoms with E-state index in [2.05, 4.69) is 4.18 Å². The Morgan fingerprint density at radius 1 is 1.12 bits per heavy atom. The number of Topliss-reactive ketones (excluding diaryl/α,β-unsaturated/α-hetero) is 1. The van der Waals surface area contributed by atoms with Crippen LogP contribution in [0, 0.1) is 0 Å². The van der Waals surface area contributed by atoms with Crippen molar-refractivity contribution in [1.29, 1.82) is 0 Å². The van der Waals surface area contributed by atoms with Crippen molar-refractivity contribution in [3.63, 3.8) is 0 Å². The Kier molecular flexibility index (Phi) is 3.82. The van der Waals surface area contributed by atoms with Gasteiger partial charge in [0.05, 0.1) is 6.42 Å². The lowest BCUT2D eigenvalue weighted by molar-refractivity contribution is 0.0845. The average Bonchev–Trinajstić information content (AvgIpc) is 2.45. The summed E-state index contributed by atoms with van der Waals surface area (Å²) >= 11 is 0. The van der Waals surface area contributed by atoms with Crippen LogP contribution >= 0.6 is 0 Å². The summed E-state index contributed by atoms with van der Waals surface area (Å²) in [6, 6.07) is 7.84. The lowest BCUT2D eigenvalue weighted by Gasteiger charge is -2.26. The first-order valence-corrected chi connectivity index (χ1v) is 8.12. The van der Waals surface area contributed by atoms with Crippen LogP contribution < -0.4 is 8.92 Å². The topological polar surface area (TPSA) is 130 Å². The minimum absolute atomic E-state index is 0.00961. The third-order valence-corrected chi connectivity index (χ3v) is 3.84. The highest BCUT2D eigenvalue weighted by molar-refractivity contribution is 7.81. The van der Waals surface area contributed by atoms with Crippen molar-refractivity contribution >= 4 is 16.2 Å². The van der Waals surface area contributed by atoms with Crippen molar-refractivity contribution in [3.8, 4) is 23.0 Å². The van der Waals surface area contributed by atoms with E-state index in [4.69, 9.17) is 9.29 Å². The molecule has 0 bridgehead atoms. The predicted molar refractivity (Wildman–Crippen MR) is 80.7 cm³/mol. The standard InChI is InChI=1S/C15H12O8S/c16-9-5-11(17)15-12(18)7-13(22-14(15)6-9)8-1-3-10(4-2-8)23-24(19,20)21/h1-6,13,16-17H,7H2,(H,19,20,21)/t13-/m0/s1. The van der Waals surface area contributed by atoms with Crippen LogP contribution in [-0.2, 0) is 10.4 Å². The molecule has 1 aliphatic rings. The lowest BCUT2D eigenvalue weighted by Crippen LogP contribution is -2.20. The van der Waals surface area contributed by atoms with Crippen molar-refractivity contribution in [2.75, 3.05) is 0 Å². The Bertz CT molecular complexity index is 902. The fraction of sp³-hybridized carbons (Fsp3) is 0.133. The second kappa shape index (κ2) is 5.69. The van der Waals surface area contributed by atoms with Crippen molar-refractivity contribution in [1.82, 2.24) is 0 Å². The summed E-state index contributed by atoms with van der Waals surface area (Å²) in [6.45, 7) is 0. The molecule has 126 valence electrons. The molecule has 2 aromatic rings. The van der Waals surface area contributed by atoms with Gasteiger partial charge in [-0.05, 0) is 17.7 Å². The zero-order valence-corrected chi connectivity index (χ0v) is 12.9. The monoisotopic (exact) mass is 352 g/mol. The van der Waals surface area contributed by atoms with Gasteiger partial charge in [-0.15, -0.1) is 0 Å². The fourth-order valence-electron chi connectivity index (χ4n) is 2.47. The van der Waals surface area contributed by atoms with E-state index >= 15 is 0 Å². The van der Waals surface area contributed by atoms with Crippen molar-refractivity contribution in [2.24, 2.45) is 0 Å². The number of fused-ring (bicyclic) bond motifs is 1. The number of carbonyl (C=O) groups excluding carboxylic acids is 1. The van der Waals surface area contributed by atoms with Gasteiger partial charge in [-0.1, -0.05) is 12.1 Å². The molecule has 0 unspecified atom stereocenters. The van der Waals surface area contributed by atoms with Gasteiger partial charge in [-0.2, -0.15) is 8.42 Å². The van der Waals surface area contributed by atoms with Crippen LogP contribution in [0.2, 0.25) is 0 Å². The van der Waals surface area contributed by atoms with Gasteiger partial charge < -0.3 is 19.1 Å². The Morgan fingerprint density at radius 3 is 2.42 bits per heavy atom. The molecule has 1 aliphatic heterocycles. The molecule has 8 nitrogen and oxygen atoms in total. The third kappa shape index (κ3) is 3.26. The van der Waals surface area contributed by atoms with Crippen LogP contribution in [0.5, 0.6) is 23.0 Å². The first-order valence-electron chi connectivity index (χ1n) is 6.75. The quantitative estimate of drug-likeness (QED) is 0.715. The second-order valence-corrected chi connectivity index (χ2v) is 6.17. The van der Waals surface area contributed by atoms with Crippen LogP contribution in [0.25, 0.3) is 0 Å². The molecular formula is C15H12O8S. The van der Waals surface area contributed by atoms with Crippen molar-refractivity contribution in [3.05, 3.63) is 47.5 Å². The maximum Gasteiger partial charge on any atom is 0.446 e.